The Kier molecular flexibility index (Phi) is 6.57. The fraction of sp³-hybridized carbons (Fsp3) is 0.654. The lowest BCUT2D eigenvalue weighted by Gasteiger charge is -2.39. The second kappa shape index (κ2) is 9.05. The van der Waals surface area contributed by atoms with Crippen molar-refractivity contribution in [3.63, 3.8) is 0 Å². The zero-order valence-electron chi connectivity index (χ0n) is 19.1. The van der Waals surface area contributed by atoms with Crippen molar-refractivity contribution in [3.05, 3.63) is 47.5 Å². The van der Waals surface area contributed by atoms with Gasteiger partial charge >= 0.3 is 0 Å². The Balaban J connectivity index is 1.45. The monoisotopic (exact) mass is 425 g/mol. The molecule has 1 saturated heterocycles. The van der Waals surface area contributed by atoms with Crippen LogP contribution in [0.3, 0.4) is 0 Å². The van der Waals surface area contributed by atoms with Crippen molar-refractivity contribution in [2.45, 2.75) is 70.6 Å². The molecule has 1 aromatic carbocycles. The van der Waals surface area contributed by atoms with E-state index in [-0.39, 0.29) is 17.2 Å². The summed E-state index contributed by atoms with van der Waals surface area (Å²) in [5, 5.41) is 14.9. The van der Waals surface area contributed by atoms with E-state index >= 15 is 0 Å². The van der Waals surface area contributed by atoms with E-state index in [1.807, 2.05) is 30.3 Å². The summed E-state index contributed by atoms with van der Waals surface area (Å²) in [5.41, 5.74) is 7.11. The zero-order valence-corrected chi connectivity index (χ0v) is 19.1. The molecule has 0 radical (unpaired) electrons. The van der Waals surface area contributed by atoms with E-state index in [4.69, 9.17) is 5.73 Å². The van der Waals surface area contributed by atoms with Gasteiger partial charge in [-0.25, -0.2) is 0 Å². The second-order valence-electron chi connectivity index (χ2n) is 10.4. The highest BCUT2D eigenvalue weighted by Crippen LogP contribution is 2.59. The third kappa shape index (κ3) is 4.46. The topological polar surface area (TPSA) is 78.6 Å². The van der Waals surface area contributed by atoms with Crippen LogP contribution in [-0.4, -0.2) is 41.7 Å². The molecule has 4 unspecified atom stereocenters. The van der Waals surface area contributed by atoms with Crippen molar-refractivity contribution in [2.75, 3.05) is 19.6 Å². The number of hydrogen-bond acceptors (Lipinski definition) is 4. The maximum atomic E-state index is 13.6. The van der Waals surface area contributed by atoms with Gasteiger partial charge in [-0.3, -0.25) is 4.79 Å². The van der Waals surface area contributed by atoms with E-state index in [0.29, 0.717) is 11.5 Å². The molecule has 170 valence electrons. The highest BCUT2D eigenvalue weighted by molar-refractivity contribution is 5.87. The Labute approximate surface area is 187 Å². The number of aliphatic hydroxyl groups is 1. The largest absolute Gasteiger partial charge is 0.375 e. The van der Waals surface area contributed by atoms with Crippen molar-refractivity contribution in [2.24, 2.45) is 23.0 Å². The van der Waals surface area contributed by atoms with E-state index in [0.717, 1.165) is 58.2 Å². The molecule has 4 N–H and O–H groups in total. The average molecular weight is 426 g/mol. The molecule has 1 aliphatic heterocycles. The van der Waals surface area contributed by atoms with E-state index in [1.54, 1.807) is 0 Å². The quantitative estimate of drug-likeness (QED) is 0.440. The highest BCUT2D eigenvalue weighted by Gasteiger charge is 2.63. The average Bonchev–Trinajstić information content (AvgIpc) is 3.35. The number of piperidine rings is 1. The molecule has 31 heavy (non-hydrogen) atoms. The SMILES string of the molecule is CC(C)=CCCN1CC2CC2(C(N)NC(=O)C(O)(c2ccccc2)C2CCCCC2)C1. The van der Waals surface area contributed by atoms with Gasteiger partial charge in [0.1, 0.15) is 0 Å². The molecule has 2 aliphatic carbocycles. The minimum atomic E-state index is -1.51. The number of nitrogens with zero attached hydrogens (tertiary/aromatic N) is 1. The van der Waals surface area contributed by atoms with Crippen LogP contribution in [0, 0.1) is 17.3 Å². The van der Waals surface area contributed by atoms with Gasteiger partial charge < -0.3 is 21.1 Å². The van der Waals surface area contributed by atoms with Crippen LogP contribution in [0.2, 0.25) is 0 Å². The number of carbonyl (C=O) groups is 1. The lowest BCUT2D eigenvalue weighted by atomic mass is 9.72. The van der Waals surface area contributed by atoms with Crippen LogP contribution < -0.4 is 11.1 Å². The Morgan fingerprint density at radius 2 is 2.00 bits per heavy atom. The first-order valence-electron chi connectivity index (χ1n) is 12.1. The maximum Gasteiger partial charge on any atom is 0.258 e. The molecule has 1 heterocycles. The molecular formula is C26H39N3O2. The number of nitrogens with two attached hydrogens (primary N) is 1. The van der Waals surface area contributed by atoms with Gasteiger partial charge in [0, 0.05) is 31.0 Å². The number of nitrogens with one attached hydrogen (secondary N) is 1. The van der Waals surface area contributed by atoms with Crippen LogP contribution in [0.4, 0.5) is 0 Å². The van der Waals surface area contributed by atoms with E-state index in [2.05, 4.69) is 30.1 Å². The normalized spacial score (nSPS) is 29.0. The Hall–Kier alpha value is -1.69. The molecule has 5 nitrogen and oxygen atoms in total. The summed E-state index contributed by atoms with van der Waals surface area (Å²) < 4.78 is 0. The number of benzene rings is 1. The predicted molar refractivity (Wildman–Crippen MR) is 124 cm³/mol. The Morgan fingerprint density at radius 3 is 2.68 bits per heavy atom. The third-order valence-electron chi connectivity index (χ3n) is 7.94. The summed E-state index contributed by atoms with van der Waals surface area (Å²) in [4.78, 5) is 16.0. The Morgan fingerprint density at radius 1 is 1.29 bits per heavy atom. The molecule has 1 amide bonds. The molecule has 1 aromatic rings. The lowest BCUT2D eigenvalue weighted by molar-refractivity contribution is -0.150. The second-order valence-corrected chi connectivity index (χ2v) is 10.4. The standard InChI is InChI=1S/C26H39N3O2/c1-19(2)10-9-15-29-17-22-16-25(22,18-29)23(27)28-24(30)26(31,20-11-5-3-6-12-20)21-13-7-4-8-14-21/h3,5-6,10-12,21-23,31H,4,7-9,13-18,27H2,1-2H3,(H,28,30). The van der Waals surface area contributed by atoms with Gasteiger partial charge in [-0.05, 0) is 51.0 Å². The minimum Gasteiger partial charge on any atom is -0.375 e. The number of allylic oxidation sites excluding steroid dienone is 1. The summed E-state index contributed by atoms with van der Waals surface area (Å²) in [7, 11) is 0. The van der Waals surface area contributed by atoms with Gasteiger partial charge in [0.05, 0.1) is 6.17 Å². The maximum absolute atomic E-state index is 13.6. The highest BCUT2D eigenvalue weighted by atomic mass is 16.3. The molecule has 0 spiro atoms. The van der Waals surface area contributed by atoms with Crippen LogP contribution in [-0.2, 0) is 10.4 Å². The van der Waals surface area contributed by atoms with E-state index in [9.17, 15) is 9.90 Å². The van der Waals surface area contributed by atoms with Gasteiger partial charge in [0.15, 0.2) is 5.60 Å². The molecule has 2 saturated carbocycles. The summed E-state index contributed by atoms with van der Waals surface area (Å²) in [5.74, 6) is 0.169. The molecule has 5 heteroatoms. The van der Waals surface area contributed by atoms with E-state index in [1.165, 1.54) is 12.0 Å². The van der Waals surface area contributed by atoms with Crippen LogP contribution in [0.5, 0.6) is 0 Å². The molecular weight excluding hydrogens is 386 g/mol. The summed E-state index contributed by atoms with van der Waals surface area (Å²) in [6.07, 6.45) is 9.04. The minimum absolute atomic E-state index is 0.0369. The number of hydrogen-bond donors (Lipinski definition) is 3. The number of fused-ring (bicyclic) bond motifs is 1. The molecule has 4 rings (SSSR count). The van der Waals surface area contributed by atoms with Crippen molar-refractivity contribution < 1.29 is 9.90 Å². The first kappa shape index (κ1) is 22.5. The van der Waals surface area contributed by atoms with Crippen molar-refractivity contribution in [3.8, 4) is 0 Å². The first-order chi connectivity index (χ1) is 14.9. The molecule has 3 fully saturated rings. The third-order valence-corrected chi connectivity index (χ3v) is 7.94. The summed E-state index contributed by atoms with van der Waals surface area (Å²) in [6, 6.07) is 9.46. The number of rotatable bonds is 8. The van der Waals surface area contributed by atoms with Gasteiger partial charge in [-0.15, -0.1) is 0 Å². The zero-order chi connectivity index (χ0) is 22.1. The van der Waals surface area contributed by atoms with Crippen molar-refractivity contribution in [1.82, 2.24) is 10.2 Å². The molecule has 3 aliphatic rings. The number of amides is 1. The summed E-state index contributed by atoms with van der Waals surface area (Å²) in [6.45, 7) is 7.30. The molecule has 4 atom stereocenters. The van der Waals surface area contributed by atoms with Gasteiger partial charge in [-0.2, -0.15) is 0 Å². The number of likely N-dealkylation sites (tertiary alicyclic amines) is 1. The van der Waals surface area contributed by atoms with Gasteiger partial charge in [-0.1, -0.05) is 61.2 Å². The van der Waals surface area contributed by atoms with Gasteiger partial charge in [0.25, 0.3) is 5.91 Å². The van der Waals surface area contributed by atoms with Crippen molar-refractivity contribution >= 4 is 5.91 Å². The number of carbonyl (C=O) groups excluding carboxylic acids is 1. The van der Waals surface area contributed by atoms with Crippen LogP contribution >= 0.6 is 0 Å². The van der Waals surface area contributed by atoms with Crippen LogP contribution in [0.25, 0.3) is 0 Å². The van der Waals surface area contributed by atoms with Crippen molar-refractivity contribution in [1.29, 1.82) is 0 Å². The summed E-state index contributed by atoms with van der Waals surface area (Å²) >= 11 is 0. The van der Waals surface area contributed by atoms with Gasteiger partial charge in [0.2, 0.25) is 0 Å². The van der Waals surface area contributed by atoms with Crippen LogP contribution in [0.15, 0.2) is 42.0 Å². The first-order valence-corrected chi connectivity index (χ1v) is 12.1. The van der Waals surface area contributed by atoms with Crippen LogP contribution in [0.1, 0.15) is 64.4 Å². The molecule has 0 bridgehead atoms. The fourth-order valence-electron chi connectivity index (χ4n) is 5.98. The lowest BCUT2D eigenvalue weighted by Crippen LogP contribution is -2.58. The predicted octanol–water partition coefficient (Wildman–Crippen LogP) is 3.53. The smallest absolute Gasteiger partial charge is 0.258 e. The Bertz CT molecular complexity index is 800. The molecule has 0 aromatic heterocycles. The van der Waals surface area contributed by atoms with E-state index < -0.39 is 11.8 Å². The fourth-order valence-corrected chi connectivity index (χ4v) is 5.98.